The molecule has 0 aromatic carbocycles. The second-order valence-electron chi connectivity index (χ2n) is 18.8. The van der Waals surface area contributed by atoms with Gasteiger partial charge in [-0.3, -0.25) is 14.4 Å². The van der Waals surface area contributed by atoms with Gasteiger partial charge in [0.05, 0.1) is 0 Å². The van der Waals surface area contributed by atoms with Gasteiger partial charge in [-0.05, 0) is 128 Å². The number of hydrogen-bond acceptors (Lipinski definition) is 6. The van der Waals surface area contributed by atoms with Crippen LogP contribution in [-0.4, -0.2) is 37.2 Å². The number of unbranched alkanes of at least 4 members (excludes halogenated alkanes) is 18. The van der Waals surface area contributed by atoms with Gasteiger partial charge in [0.1, 0.15) is 13.2 Å². The zero-order valence-electron chi connectivity index (χ0n) is 46.4. The average molecular weight is 996 g/mol. The van der Waals surface area contributed by atoms with E-state index >= 15 is 0 Å². The van der Waals surface area contributed by atoms with Crippen LogP contribution < -0.4 is 0 Å². The summed E-state index contributed by atoms with van der Waals surface area (Å²) in [6.45, 7) is 6.39. The topological polar surface area (TPSA) is 78.9 Å². The van der Waals surface area contributed by atoms with Crippen LogP contribution in [0.2, 0.25) is 0 Å². The van der Waals surface area contributed by atoms with Crippen LogP contribution in [-0.2, 0) is 28.6 Å². The first-order valence-corrected chi connectivity index (χ1v) is 29.2. The monoisotopic (exact) mass is 995 g/mol. The fourth-order valence-electron chi connectivity index (χ4n) is 7.50. The molecule has 0 N–H and O–H groups in total. The van der Waals surface area contributed by atoms with E-state index in [0.717, 1.165) is 109 Å². The number of allylic oxidation sites excluding steroid dienone is 22. The maximum Gasteiger partial charge on any atom is 0.306 e. The Hall–Kier alpha value is -4.45. The first kappa shape index (κ1) is 67.5. The standard InChI is InChI=1S/C66H106O6/c1-4-7-10-13-16-19-22-25-28-31-33-35-38-41-44-47-50-53-56-59-65(68)71-62-63(61-70-64(67)58-55-52-49-46-43-40-37-30-27-24-21-18-15-12-9-6-3)72-66(69)60-57-54-51-48-45-42-39-36-34-32-29-26-23-20-17-14-11-8-5-2/h7,10,16-17,19-20,25-26,28-30,33-37,41-42,44-45,50,53,63H,4-6,8-9,11-15,18,21-24,27,31-32,38-40,43,46-49,51-52,54-62H2,1-3H3/b10-7-,19-16-,20-17-,28-25-,29-26-,35-33-,36-34-,37-30-,44-41-,45-42-,53-50-/t63-/m1/s1. The highest BCUT2D eigenvalue weighted by atomic mass is 16.6. The highest BCUT2D eigenvalue weighted by Crippen LogP contribution is 2.13. The van der Waals surface area contributed by atoms with Crippen molar-refractivity contribution in [2.45, 2.75) is 252 Å². The Labute approximate surface area is 443 Å². The zero-order valence-corrected chi connectivity index (χ0v) is 46.4. The molecule has 0 aliphatic carbocycles. The van der Waals surface area contributed by atoms with Crippen molar-refractivity contribution in [3.8, 4) is 0 Å². The number of ether oxygens (including phenoxy) is 3. The summed E-state index contributed by atoms with van der Waals surface area (Å²) < 4.78 is 16.8. The minimum Gasteiger partial charge on any atom is -0.462 e. The molecule has 1 atom stereocenters. The smallest absolute Gasteiger partial charge is 0.306 e. The van der Waals surface area contributed by atoms with Crippen LogP contribution >= 0.6 is 0 Å². The maximum absolute atomic E-state index is 12.9. The minimum atomic E-state index is -0.834. The Kier molecular flexibility index (Phi) is 55.5. The predicted molar refractivity (Wildman–Crippen MR) is 311 cm³/mol. The summed E-state index contributed by atoms with van der Waals surface area (Å²) in [5, 5.41) is 0. The second-order valence-corrected chi connectivity index (χ2v) is 18.8. The Morgan fingerprint density at radius 3 is 0.986 bits per heavy atom. The maximum atomic E-state index is 12.9. The molecule has 0 aliphatic heterocycles. The van der Waals surface area contributed by atoms with Gasteiger partial charge in [-0.1, -0.05) is 231 Å². The van der Waals surface area contributed by atoms with Crippen LogP contribution in [0.5, 0.6) is 0 Å². The van der Waals surface area contributed by atoms with Crippen molar-refractivity contribution in [1.29, 1.82) is 0 Å². The lowest BCUT2D eigenvalue weighted by atomic mass is 10.1. The lowest BCUT2D eigenvalue weighted by Crippen LogP contribution is -2.30. The van der Waals surface area contributed by atoms with Crippen molar-refractivity contribution in [3.63, 3.8) is 0 Å². The lowest BCUT2D eigenvalue weighted by Gasteiger charge is -2.18. The van der Waals surface area contributed by atoms with Gasteiger partial charge < -0.3 is 14.2 Å². The Bertz CT molecular complexity index is 1560. The third kappa shape index (κ3) is 56.5. The first-order chi connectivity index (χ1) is 35.5. The summed E-state index contributed by atoms with van der Waals surface area (Å²) in [6.07, 6.45) is 83.1. The van der Waals surface area contributed by atoms with E-state index < -0.39 is 6.10 Å². The van der Waals surface area contributed by atoms with Gasteiger partial charge in [-0.25, -0.2) is 0 Å². The molecule has 0 unspecified atom stereocenters. The summed E-state index contributed by atoms with van der Waals surface area (Å²) in [5.41, 5.74) is 0. The van der Waals surface area contributed by atoms with Gasteiger partial charge >= 0.3 is 17.9 Å². The van der Waals surface area contributed by atoms with Gasteiger partial charge in [0, 0.05) is 19.3 Å². The number of hydrogen-bond donors (Lipinski definition) is 0. The molecule has 0 saturated heterocycles. The van der Waals surface area contributed by atoms with Crippen molar-refractivity contribution in [3.05, 3.63) is 134 Å². The van der Waals surface area contributed by atoms with Crippen molar-refractivity contribution in [2.24, 2.45) is 0 Å². The quantitative estimate of drug-likeness (QED) is 0.0261. The molecule has 0 radical (unpaired) electrons. The second kappa shape index (κ2) is 59.1. The van der Waals surface area contributed by atoms with Crippen molar-refractivity contribution in [2.75, 3.05) is 13.2 Å². The third-order valence-corrected chi connectivity index (χ3v) is 11.9. The van der Waals surface area contributed by atoms with Gasteiger partial charge in [0.15, 0.2) is 6.10 Å². The van der Waals surface area contributed by atoms with E-state index in [1.807, 2.05) is 12.2 Å². The van der Waals surface area contributed by atoms with Gasteiger partial charge in [0.2, 0.25) is 0 Å². The predicted octanol–water partition coefficient (Wildman–Crippen LogP) is 19.8. The van der Waals surface area contributed by atoms with Crippen molar-refractivity contribution in [1.82, 2.24) is 0 Å². The molecule has 0 saturated carbocycles. The highest BCUT2D eigenvalue weighted by molar-refractivity contribution is 5.71. The van der Waals surface area contributed by atoms with Crippen LogP contribution in [0.15, 0.2) is 134 Å². The van der Waals surface area contributed by atoms with Crippen LogP contribution in [0.25, 0.3) is 0 Å². The molecule has 0 rings (SSSR count). The Morgan fingerprint density at radius 2 is 0.569 bits per heavy atom. The van der Waals surface area contributed by atoms with Crippen molar-refractivity contribution >= 4 is 17.9 Å². The molecular weight excluding hydrogens is 889 g/mol. The first-order valence-electron chi connectivity index (χ1n) is 29.2. The fourth-order valence-corrected chi connectivity index (χ4v) is 7.50. The normalized spacial score (nSPS) is 13.1. The van der Waals surface area contributed by atoms with E-state index in [1.54, 1.807) is 0 Å². The fraction of sp³-hybridized carbons (Fsp3) is 0.621. The molecule has 0 aromatic rings. The molecule has 0 heterocycles. The molecule has 0 spiro atoms. The molecular formula is C66H106O6. The van der Waals surface area contributed by atoms with E-state index in [-0.39, 0.29) is 44.0 Å². The molecule has 0 aromatic heterocycles. The molecule has 72 heavy (non-hydrogen) atoms. The summed E-state index contributed by atoms with van der Waals surface area (Å²) >= 11 is 0. The van der Waals surface area contributed by atoms with Crippen LogP contribution in [0.3, 0.4) is 0 Å². The van der Waals surface area contributed by atoms with E-state index in [9.17, 15) is 14.4 Å². The van der Waals surface area contributed by atoms with Gasteiger partial charge in [-0.15, -0.1) is 0 Å². The van der Waals surface area contributed by atoms with Crippen LogP contribution in [0, 0.1) is 0 Å². The molecule has 0 amide bonds. The Morgan fingerprint density at radius 1 is 0.292 bits per heavy atom. The third-order valence-electron chi connectivity index (χ3n) is 11.9. The summed E-state index contributed by atoms with van der Waals surface area (Å²) in [6, 6.07) is 0. The zero-order chi connectivity index (χ0) is 52.2. The SMILES string of the molecule is CC/C=C\C/C=C\C/C=C\C/C=C\C/C=C\C/C=C\CCC(=O)OC[C@@H](COC(=O)CCCCCCC/C=C\CCCCCCCCC)OC(=O)CCCCC/C=C\C/C=C\C/C=C\C/C=C\CCCCC. The lowest BCUT2D eigenvalue weighted by molar-refractivity contribution is -0.166. The average Bonchev–Trinajstić information content (AvgIpc) is 3.38. The molecule has 0 bridgehead atoms. The van der Waals surface area contributed by atoms with E-state index in [4.69, 9.17) is 14.2 Å². The van der Waals surface area contributed by atoms with Gasteiger partial charge in [0.25, 0.3) is 0 Å². The van der Waals surface area contributed by atoms with Crippen molar-refractivity contribution < 1.29 is 28.6 Å². The number of rotatable bonds is 51. The number of carbonyl (C=O) groups is 3. The highest BCUT2D eigenvalue weighted by Gasteiger charge is 2.19. The van der Waals surface area contributed by atoms with Crippen LogP contribution in [0.1, 0.15) is 245 Å². The van der Waals surface area contributed by atoms with E-state index in [2.05, 4.69) is 142 Å². The minimum absolute atomic E-state index is 0.123. The summed E-state index contributed by atoms with van der Waals surface area (Å²) in [4.78, 5) is 38.2. The van der Waals surface area contributed by atoms with Crippen LogP contribution in [0.4, 0.5) is 0 Å². The van der Waals surface area contributed by atoms with Gasteiger partial charge in [-0.2, -0.15) is 0 Å². The summed E-state index contributed by atoms with van der Waals surface area (Å²) in [7, 11) is 0. The number of esters is 3. The molecule has 0 fully saturated rings. The van der Waals surface area contributed by atoms with E-state index in [1.165, 1.54) is 83.5 Å². The Balaban J connectivity index is 4.60. The number of carbonyl (C=O) groups excluding carboxylic acids is 3. The molecule has 6 heteroatoms. The molecule has 0 aliphatic rings. The molecule has 6 nitrogen and oxygen atoms in total. The van der Waals surface area contributed by atoms with E-state index in [0.29, 0.717) is 19.3 Å². The largest absolute Gasteiger partial charge is 0.462 e. The summed E-state index contributed by atoms with van der Waals surface area (Å²) in [5.74, 6) is -1.05. The molecule has 406 valence electrons.